The van der Waals surface area contributed by atoms with Crippen LogP contribution in [0.15, 0.2) is 24.3 Å². The van der Waals surface area contributed by atoms with Gasteiger partial charge in [-0.1, -0.05) is 18.2 Å². The Morgan fingerprint density at radius 1 is 1.28 bits per heavy atom. The van der Waals surface area contributed by atoms with Gasteiger partial charge in [-0.15, -0.1) is 0 Å². The Bertz CT molecular complexity index is 359. The van der Waals surface area contributed by atoms with Crippen molar-refractivity contribution in [3.8, 4) is 0 Å². The predicted octanol–water partition coefficient (Wildman–Crippen LogP) is 2.38. The fourth-order valence-corrected chi connectivity index (χ4v) is 2.46. The molecule has 1 fully saturated rings. The van der Waals surface area contributed by atoms with Crippen LogP contribution in [0.4, 0.5) is 5.69 Å². The van der Waals surface area contributed by atoms with E-state index >= 15 is 0 Å². The molecule has 3 heteroatoms. The summed E-state index contributed by atoms with van der Waals surface area (Å²) in [6.07, 6.45) is 3.44. The van der Waals surface area contributed by atoms with Gasteiger partial charge in [-0.25, -0.2) is 0 Å². The molecule has 1 heterocycles. The highest BCUT2D eigenvalue weighted by molar-refractivity contribution is 5.52. The third-order valence-electron chi connectivity index (χ3n) is 3.67. The molecule has 0 aromatic heterocycles. The average Bonchev–Trinajstić information content (AvgIpc) is 2.40. The first-order chi connectivity index (χ1) is 8.79. The van der Waals surface area contributed by atoms with Crippen molar-refractivity contribution in [2.24, 2.45) is 0 Å². The number of piperidine rings is 1. The van der Waals surface area contributed by atoms with Crippen molar-refractivity contribution in [1.82, 2.24) is 4.90 Å². The molecular formula is C15H24N2O. The van der Waals surface area contributed by atoms with E-state index < -0.39 is 0 Å². The maximum absolute atomic E-state index is 5.17. The molecule has 1 aromatic rings. The lowest BCUT2D eigenvalue weighted by Crippen LogP contribution is -2.36. The highest BCUT2D eigenvalue weighted by Crippen LogP contribution is 2.20. The van der Waals surface area contributed by atoms with Crippen LogP contribution in [-0.4, -0.2) is 44.8 Å². The molecule has 0 saturated carbocycles. The molecule has 0 atom stereocenters. The summed E-state index contributed by atoms with van der Waals surface area (Å²) in [6.45, 7) is 3.17. The second-order valence-electron chi connectivity index (χ2n) is 5.12. The van der Waals surface area contributed by atoms with Crippen LogP contribution in [-0.2, 0) is 11.2 Å². The van der Waals surface area contributed by atoms with Crippen molar-refractivity contribution >= 4 is 5.69 Å². The molecule has 1 saturated heterocycles. The number of benzene rings is 1. The second kappa shape index (κ2) is 6.76. The van der Waals surface area contributed by atoms with Crippen LogP contribution in [0.5, 0.6) is 0 Å². The number of likely N-dealkylation sites (tertiary alicyclic amines) is 1. The molecule has 2 rings (SSSR count). The van der Waals surface area contributed by atoms with E-state index in [1.54, 1.807) is 7.11 Å². The molecule has 0 amide bonds. The molecular weight excluding hydrogens is 224 g/mol. The molecule has 0 spiro atoms. The number of para-hydroxylation sites is 1. The number of hydrogen-bond acceptors (Lipinski definition) is 3. The van der Waals surface area contributed by atoms with Crippen LogP contribution >= 0.6 is 0 Å². The zero-order valence-corrected chi connectivity index (χ0v) is 11.5. The number of rotatable bonds is 5. The van der Waals surface area contributed by atoms with Gasteiger partial charge in [-0.05, 0) is 51.0 Å². The molecule has 3 nitrogen and oxygen atoms in total. The monoisotopic (exact) mass is 248 g/mol. The first-order valence-corrected chi connectivity index (χ1v) is 6.81. The fourth-order valence-electron chi connectivity index (χ4n) is 2.46. The maximum Gasteiger partial charge on any atom is 0.0503 e. The van der Waals surface area contributed by atoms with Gasteiger partial charge in [0.15, 0.2) is 0 Å². The molecule has 0 radical (unpaired) electrons. The smallest absolute Gasteiger partial charge is 0.0503 e. The van der Waals surface area contributed by atoms with Crippen LogP contribution < -0.4 is 5.32 Å². The van der Waals surface area contributed by atoms with E-state index in [-0.39, 0.29) is 0 Å². The lowest BCUT2D eigenvalue weighted by Gasteiger charge is -2.30. The number of anilines is 1. The normalized spacial score (nSPS) is 17.9. The minimum atomic E-state index is 0.616. The van der Waals surface area contributed by atoms with E-state index in [1.165, 1.54) is 37.2 Å². The Hall–Kier alpha value is -1.06. The van der Waals surface area contributed by atoms with Gasteiger partial charge in [-0.2, -0.15) is 0 Å². The Morgan fingerprint density at radius 3 is 2.72 bits per heavy atom. The van der Waals surface area contributed by atoms with E-state index in [2.05, 4.69) is 41.5 Å². The lowest BCUT2D eigenvalue weighted by molar-refractivity contribution is 0.202. The minimum absolute atomic E-state index is 0.616. The Balaban J connectivity index is 1.95. The summed E-state index contributed by atoms with van der Waals surface area (Å²) in [5, 5.41) is 3.70. The van der Waals surface area contributed by atoms with Crippen LogP contribution in [0.25, 0.3) is 0 Å². The maximum atomic E-state index is 5.17. The quantitative estimate of drug-likeness (QED) is 0.866. The highest BCUT2D eigenvalue weighted by atomic mass is 16.5. The zero-order chi connectivity index (χ0) is 12.8. The molecule has 18 heavy (non-hydrogen) atoms. The van der Waals surface area contributed by atoms with E-state index in [0.717, 1.165) is 13.0 Å². The molecule has 1 N–H and O–H groups in total. The van der Waals surface area contributed by atoms with Crippen LogP contribution in [0.2, 0.25) is 0 Å². The van der Waals surface area contributed by atoms with Crippen molar-refractivity contribution in [3.63, 3.8) is 0 Å². The topological polar surface area (TPSA) is 24.5 Å². The summed E-state index contributed by atoms with van der Waals surface area (Å²) in [7, 11) is 3.95. The third kappa shape index (κ3) is 3.72. The highest BCUT2D eigenvalue weighted by Gasteiger charge is 2.16. The number of ether oxygens (including phenoxy) is 1. The Labute approximate surface area is 110 Å². The number of nitrogens with zero attached hydrogens (tertiary/aromatic N) is 1. The van der Waals surface area contributed by atoms with Gasteiger partial charge in [0.25, 0.3) is 0 Å². The molecule has 100 valence electrons. The Kier molecular flexibility index (Phi) is 5.02. The van der Waals surface area contributed by atoms with Gasteiger partial charge < -0.3 is 15.0 Å². The standard InChI is InChI=1S/C15H24N2O/c1-17-10-7-14(8-11-17)16-15-6-4-3-5-13(15)9-12-18-2/h3-6,14,16H,7-12H2,1-2H3. The minimum Gasteiger partial charge on any atom is -0.384 e. The number of nitrogens with one attached hydrogen (secondary N) is 1. The first kappa shape index (κ1) is 13.4. The van der Waals surface area contributed by atoms with Crippen LogP contribution in [0.3, 0.4) is 0 Å². The van der Waals surface area contributed by atoms with E-state index in [0.29, 0.717) is 6.04 Å². The Morgan fingerprint density at radius 2 is 2.00 bits per heavy atom. The van der Waals surface area contributed by atoms with E-state index in [4.69, 9.17) is 4.74 Å². The summed E-state index contributed by atoms with van der Waals surface area (Å²) < 4.78 is 5.17. The SMILES string of the molecule is COCCc1ccccc1NC1CCN(C)CC1. The predicted molar refractivity (Wildman–Crippen MR) is 76.2 cm³/mol. The van der Waals surface area contributed by atoms with Gasteiger partial charge in [-0.3, -0.25) is 0 Å². The summed E-state index contributed by atoms with van der Waals surface area (Å²) in [5.74, 6) is 0. The molecule has 0 aliphatic carbocycles. The van der Waals surface area contributed by atoms with Crippen molar-refractivity contribution in [3.05, 3.63) is 29.8 Å². The van der Waals surface area contributed by atoms with Crippen LogP contribution in [0, 0.1) is 0 Å². The van der Waals surface area contributed by atoms with Gasteiger partial charge in [0, 0.05) is 18.8 Å². The van der Waals surface area contributed by atoms with Gasteiger partial charge in [0.05, 0.1) is 6.61 Å². The first-order valence-electron chi connectivity index (χ1n) is 6.81. The van der Waals surface area contributed by atoms with Crippen LogP contribution in [0.1, 0.15) is 18.4 Å². The summed E-state index contributed by atoms with van der Waals surface area (Å²) in [6, 6.07) is 9.20. The number of hydrogen-bond donors (Lipinski definition) is 1. The second-order valence-corrected chi connectivity index (χ2v) is 5.12. The van der Waals surface area contributed by atoms with E-state index in [1.807, 2.05) is 0 Å². The lowest BCUT2D eigenvalue weighted by atomic mass is 10.0. The van der Waals surface area contributed by atoms with Gasteiger partial charge >= 0.3 is 0 Å². The summed E-state index contributed by atoms with van der Waals surface area (Å²) in [5.41, 5.74) is 2.64. The van der Waals surface area contributed by atoms with Gasteiger partial charge in [0.1, 0.15) is 0 Å². The van der Waals surface area contributed by atoms with Crippen molar-refractivity contribution in [1.29, 1.82) is 0 Å². The van der Waals surface area contributed by atoms with Crippen molar-refractivity contribution in [2.45, 2.75) is 25.3 Å². The molecule has 0 bridgehead atoms. The number of methoxy groups -OCH3 is 1. The molecule has 1 aromatic carbocycles. The third-order valence-corrected chi connectivity index (χ3v) is 3.67. The molecule has 0 unspecified atom stereocenters. The fraction of sp³-hybridized carbons (Fsp3) is 0.600. The zero-order valence-electron chi connectivity index (χ0n) is 11.5. The summed E-state index contributed by atoms with van der Waals surface area (Å²) >= 11 is 0. The largest absolute Gasteiger partial charge is 0.384 e. The van der Waals surface area contributed by atoms with Gasteiger partial charge in [0.2, 0.25) is 0 Å². The molecule has 1 aliphatic heterocycles. The van der Waals surface area contributed by atoms with Crippen molar-refractivity contribution in [2.75, 3.05) is 39.2 Å². The average molecular weight is 248 g/mol. The molecule has 1 aliphatic rings. The van der Waals surface area contributed by atoms with E-state index in [9.17, 15) is 0 Å². The summed E-state index contributed by atoms with van der Waals surface area (Å²) in [4.78, 5) is 2.40. The van der Waals surface area contributed by atoms with Crippen molar-refractivity contribution < 1.29 is 4.74 Å².